The quantitative estimate of drug-likeness (QED) is 0.890. The van der Waals surface area contributed by atoms with Gasteiger partial charge in [0.05, 0.1) is 0 Å². The van der Waals surface area contributed by atoms with Crippen molar-refractivity contribution in [1.29, 1.82) is 0 Å². The number of rotatable bonds is 3. The van der Waals surface area contributed by atoms with E-state index in [0.29, 0.717) is 18.6 Å². The lowest BCUT2D eigenvalue weighted by Crippen LogP contribution is -2.44. The van der Waals surface area contributed by atoms with E-state index in [4.69, 9.17) is 0 Å². The molecule has 0 saturated carbocycles. The van der Waals surface area contributed by atoms with Gasteiger partial charge in [0.2, 0.25) is 5.95 Å². The van der Waals surface area contributed by atoms with E-state index in [1.54, 1.807) is 6.20 Å². The van der Waals surface area contributed by atoms with Crippen LogP contribution in [0.25, 0.3) is 0 Å². The van der Waals surface area contributed by atoms with E-state index in [0.717, 1.165) is 54.8 Å². The largest absolute Gasteiger partial charge is 0.340 e. The minimum Gasteiger partial charge on any atom is -0.340 e. The van der Waals surface area contributed by atoms with Gasteiger partial charge in [0.25, 0.3) is 0 Å². The Balaban J connectivity index is 1.53. The van der Waals surface area contributed by atoms with Crippen molar-refractivity contribution in [2.75, 3.05) is 36.4 Å². The SMILES string of the molecule is O=C1Cc2ccc(Nc3ccnc(N4CCNCC4)n3)cc2C1. The van der Waals surface area contributed by atoms with Crippen LogP contribution in [0.15, 0.2) is 30.5 Å². The molecule has 1 aliphatic carbocycles. The Labute approximate surface area is 134 Å². The van der Waals surface area contributed by atoms with Crippen molar-refractivity contribution >= 4 is 23.2 Å². The zero-order chi connectivity index (χ0) is 15.6. The fourth-order valence-electron chi connectivity index (χ4n) is 3.11. The van der Waals surface area contributed by atoms with Crippen LogP contribution < -0.4 is 15.5 Å². The van der Waals surface area contributed by atoms with Crippen molar-refractivity contribution in [1.82, 2.24) is 15.3 Å². The van der Waals surface area contributed by atoms with Gasteiger partial charge < -0.3 is 15.5 Å². The second kappa shape index (κ2) is 5.96. The monoisotopic (exact) mass is 309 g/mol. The van der Waals surface area contributed by atoms with Crippen LogP contribution >= 0.6 is 0 Å². The number of piperazine rings is 1. The molecule has 2 aliphatic rings. The van der Waals surface area contributed by atoms with Crippen LogP contribution in [0.4, 0.5) is 17.5 Å². The van der Waals surface area contributed by atoms with Gasteiger partial charge in [-0.3, -0.25) is 4.79 Å². The number of carbonyl (C=O) groups excluding carboxylic acids is 1. The van der Waals surface area contributed by atoms with E-state index in [-0.39, 0.29) is 0 Å². The molecule has 118 valence electrons. The van der Waals surface area contributed by atoms with Crippen molar-refractivity contribution in [3.8, 4) is 0 Å². The van der Waals surface area contributed by atoms with Gasteiger partial charge >= 0.3 is 0 Å². The van der Waals surface area contributed by atoms with Crippen LogP contribution in [0.3, 0.4) is 0 Å². The zero-order valence-corrected chi connectivity index (χ0v) is 12.9. The number of benzene rings is 1. The molecule has 1 fully saturated rings. The van der Waals surface area contributed by atoms with Crippen molar-refractivity contribution in [3.05, 3.63) is 41.6 Å². The molecule has 2 heterocycles. The molecular weight excluding hydrogens is 290 g/mol. The molecule has 23 heavy (non-hydrogen) atoms. The molecule has 2 aromatic rings. The highest BCUT2D eigenvalue weighted by atomic mass is 16.1. The summed E-state index contributed by atoms with van der Waals surface area (Å²) in [7, 11) is 0. The van der Waals surface area contributed by atoms with E-state index in [9.17, 15) is 4.79 Å². The number of ketones is 1. The molecule has 0 bridgehead atoms. The normalized spacial score (nSPS) is 17.2. The van der Waals surface area contributed by atoms with Crippen molar-refractivity contribution in [2.24, 2.45) is 0 Å². The molecule has 1 aromatic heterocycles. The summed E-state index contributed by atoms with van der Waals surface area (Å²) in [6.07, 6.45) is 2.89. The number of aromatic nitrogens is 2. The molecule has 1 aromatic carbocycles. The van der Waals surface area contributed by atoms with Crippen LogP contribution in [0.5, 0.6) is 0 Å². The molecule has 2 N–H and O–H groups in total. The van der Waals surface area contributed by atoms with Crippen LogP contribution in [0.1, 0.15) is 11.1 Å². The number of nitrogens with one attached hydrogen (secondary N) is 2. The zero-order valence-electron chi connectivity index (χ0n) is 12.9. The molecular formula is C17H19N5O. The third kappa shape index (κ3) is 3.03. The Morgan fingerprint density at radius 2 is 1.91 bits per heavy atom. The Morgan fingerprint density at radius 3 is 2.78 bits per heavy atom. The summed E-state index contributed by atoms with van der Waals surface area (Å²) in [6.45, 7) is 3.76. The first-order chi connectivity index (χ1) is 11.3. The number of anilines is 3. The summed E-state index contributed by atoms with van der Waals surface area (Å²) >= 11 is 0. The predicted octanol–water partition coefficient (Wildman–Crippen LogP) is 1.30. The number of hydrogen-bond donors (Lipinski definition) is 2. The molecule has 6 nitrogen and oxygen atoms in total. The van der Waals surface area contributed by atoms with Gasteiger partial charge in [0.1, 0.15) is 11.6 Å². The van der Waals surface area contributed by atoms with Gasteiger partial charge in [-0.05, 0) is 29.3 Å². The lowest BCUT2D eigenvalue weighted by atomic mass is 10.1. The van der Waals surface area contributed by atoms with Crippen LogP contribution in [-0.4, -0.2) is 41.9 Å². The van der Waals surface area contributed by atoms with Crippen LogP contribution in [0, 0.1) is 0 Å². The van der Waals surface area contributed by atoms with Crippen LogP contribution in [0.2, 0.25) is 0 Å². The van der Waals surface area contributed by atoms with Crippen LogP contribution in [-0.2, 0) is 17.6 Å². The molecule has 4 rings (SSSR count). The molecule has 0 radical (unpaired) electrons. The summed E-state index contributed by atoms with van der Waals surface area (Å²) in [5, 5.41) is 6.65. The number of carbonyl (C=O) groups is 1. The van der Waals surface area contributed by atoms with E-state index >= 15 is 0 Å². The van der Waals surface area contributed by atoms with E-state index in [1.807, 2.05) is 24.3 Å². The number of Topliss-reactive ketones (excluding diaryl/α,β-unsaturated/α-hetero) is 1. The molecule has 1 aliphatic heterocycles. The molecule has 1 saturated heterocycles. The van der Waals surface area contributed by atoms with E-state index in [2.05, 4.69) is 25.5 Å². The maximum Gasteiger partial charge on any atom is 0.227 e. The number of hydrogen-bond acceptors (Lipinski definition) is 6. The summed E-state index contributed by atoms with van der Waals surface area (Å²) in [6, 6.07) is 7.95. The first-order valence-electron chi connectivity index (χ1n) is 7.97. The van der Waals surface area contributed by atoms with Gasteiger partial charge in [-0.1, -0.05) is 6.07 Å². The third-order valence-corrected chi connectivity index (χ3v) is 4.30. The average molecular weight is 309 g/mol. The Hall–Kier alpha value is -2.47. The molecule has 6 heteroatoms. The maximum absolute atomic E-state index is 11.5. The van der Waals surface area contributed by atoms with Crippen molar-refractivity contribution < 1.29 is 4.79 Å². The Kier molecular flexibility index (Phi) is 3.67. The Morgan fingerprint density at radius 1 is 1.09 bits per heavy atom. The van der Waals surface area contributed by atoms with E-state index in [1.165, 1.54) is 0 Å². The highest BCUT2D eigenvalue weighted by Gasteiger charge is 2.18. The molecule has 0 atom stereocenters. The fraction of sp³-hybridized carbons (Fsp3) is 0.353. The maximum atomic E-state index is 11.5. The second-order valence-corrected chi connectivity index (χ2v) is 5.98. The summed E-state index contributed by atoms with van der Waals surface area (Å²) in [5.41, 5.74) is 3.23. The van der Waals surface area contributed by atoms with Gasteiger partial charge in [-0.2, -0.15) is 4.98 Å². The first kappa shape index (κ1) is 14.1. The highest BCUT2D eigenvalue weighted by Crippen LogP contribution is 2.25. The summed E-state index contributed by atoms with van der Waals surface area (Å²) in [5.74, 6) is 1.82. The minimum absolute atomic E-state index is 0.292. The summed E-state index contributed by atoms with van der Waals surface area (Å²) in [4.78, 5) is 22.7. The topological polar surface area (TPSA) is 70.2 Å². The predicted molar refractivity (Wildman–Crippen MR) is 89.3 cm³/mol. The number of nitrogens with zero attached hydrogens (tertiary/aromatic N) is 3. The van der Waals surface area contributed by atoms with Gasteiger partial charge in [-0.25, -0.2) is 4.98 Å². The lowest BCUT2D eigenvalue weighted by molar-refractivity contribution is -0.117. The van der Waals surface area contributed by atoms with Gasteiger partial charge in [-0.15, -0.1) is 0 Å². The molecule has 0 unspecified atom stereocenters. The van der Waals surface area contributed by atoms with Gasteiger partial charge in [0.15, 0.2) is 0 Å². The van der Waals surface area contributed by atoms with Crippen molar-refractivity contribution in [2.45, 2.75) is 12.8 Å². The van der Waals surface area contributed by atoms with Gasteiger partial charge in [0, 0.05) is 50.9 Å². The molecule has 0 spiro atoms. The Bertz CT molecular complexity index is 740. The number of fused-ring (bicyclic) bond motifs is 1. The highest BCUT2D eigenvalue weighted by molar-refractivity contribution is 5.88. The summed E-state index contributed by atoms with van der Waals surface area (Å²) < 4.78 is 0. The average Bonchev–Trinajstić information content (AvgIpc) is 2.95. The minimum atomic E-state index is 0.292. The third-order valence-electron chi connectivity index (χ3n) is 4.30. The van der Waals surface area contributed by atoms with Crippen molar-refractivity contribution in [3.63, 3.8) is 0 Å². The second-order valence-electron chi connectivity index (χ2n) is 5.98. The first-order valence-corrected chi connectivity index (χ1v) is 7.97. The fourth-order valence-corrected chi connectivity index (χ4v) is 3.11. The standard InChI is InChI=1S/C17H19N5O/c23-15-10-12-1-2-14(9-13(12)11-15)20-16-3-4-19-17(21-16)22-7-5-18-6-8-22/h1-4,9,18H,5-8,10-11H2,(H,19,20,21). The van der Waals surface area contributed by atoms with E-state index < -0.39 is 0 Å². The smallest absolute Gasteiger partial charge is 0.227 e. The lowest BCUT2D eigenvalue weighted by Gasteiger charge is -2.27. The molecule has 0 amide bonds.